The molecule has 31 heavy (non-hydrogen) atoms. The summed E-state index contributed by atoms with van der Waals surface area (Å²) in [5.74, 6) is 0.0849. The second-order valence-electron chi connectivity index (χ2n) is 9.00. The average Bonchev–Trinajstić information content (AvgIpc) is 3.37. The highest BCUT2D eigenvalue weighted by Crippen LogP contribution is 2.22. The second kappa shape index (κ2) is 10.5. The molecule has 1 aromatic carbocycles. The third-order valence-corrected chi connectivity index (χ3v) is 6.89. The molecule has 2 atom stereocenters. The predicted molar refractivity (Wildman–Crippen MR) is 120 cm³/mol. The summed E-state index contributed by atoms with van der Waals surface area (Å²) in [5, 5.41) is 5.94. The van der Waals surface area contributed by atoms with E-state index >= 15 is 0 Å². The van der Waals surface area contributed by atoms with Crippen molar-refractivity contribution in [3.05, 3.63) is 35.9 Å². The Hall–Kier alpha value is -2.13. The molecule has 2 fully saturated rings. The van der Waals surface area contributed by atoms with Crippen molar-refractivity contribution in [2.75, 3.05) is 13.1 Å². The Balaban J connectivity index is 1.57. The minimum atomic E-state index is -3.53. The Labute approximate surface area is 185 Å². The molecule has 0 radical (unpaired) electrons. The highest BCUT2D eigenvalue weighted by Gasteiger charge is 2.37. The van der Waals surface area contributed by atoms with E-state index in [4.69, 9.17) is 0 Å². The normalized spacial score (nSPS) is 20.0. The fourth-order valence-electron chi connectivity index (χ4n) is 3.90. The zero-order valence-electron chi connectivity index (χ0n) is 18.3. The van der Waals surface area contributed by atoms with Crippen molar-refractivity contribution in [1.29, 1.82) is 0 Å². The topological polar surface area (TPSA) is 108 Å². The van der Waals surface area contributed by atoms with Crippen LogP contribution in [0.25, 0.3) is 0 Å². The van der Waals surface area contributed by atoms with Gasteiger partial charge in [-0.3, -0.25) is 4.79 Å². The van der Waals surface area contributed by atoms with Crippen LogP contribution in [-0.2, 0) is 20.6 Å². The molecule has 1 heterocycles. The SMILES string of the molecule is CC(C)CC(CNS(=O)(=O)Cc1ccccc1)NC(=O)N1CCCC1C(=O)NC1CC1. The predicted octanol–water partition coefficient (Wildman–Crippen LogP) is 1.97. The summed E-state index contributed by atoms with van der Waals surface area (Å²) in [6.45, 7) is 4.70. The van der Waals surface area contributed by atoms with E-state index in [1.54, 1.807) is 29.2 Å². The van der Waals surface area contributed by atoms with Crippen LogP contribution in [0, 0.1) is 5.92 Å². The lowest BCUT2D eigenvalue weighted by molar-refractivity contribution is -0.124. The van der Waals surface area contributed by atoms with E-state index in [1.165, 1.54) is 0 Å². The van der Waals surface area contributed by atoms with Crippen LogP contribution in [0.1, 0.15) is 51.5 Å². The number of hydrogen-bond donors (Lipinski definition) is 3. The standard InChI is InChI=1S/C22H34N4O4S/c1-16(2)13-19(14-23-31(29,30)15-17-7-4-3-5-8-17)25-22(28)26-12-6-9-20(26)21(27)24-18-10-11-18/h3-5,7-8,16,18-20,23H,6,9-15H2,1-2H3,(H,24,27)(H,25,28). The summed E-state index contributed by atoms with van der Waals surface area (Å²) in [4.78, 5) is 27.0. The van der Waals surface area contributed by atoms with E-state index in [1.807, 2.05) is 19.9 Å². The third-order valence-electron chi connectivity index (χ3n) is 5.57. The molecule has 1 saturated heterocycles. The minimum absolute atomic E-state index is 0.0841. The molecule has 172 valence electrons. The van der Waals surface area contributed by atoms with E-state index < -0.39 is 16.1 Å². The van der Waals surface area contributed by atoms with Gasteiger partial charge in [-0.05, 0) is 43.6 Å². The molecule has 9 heteroatoms. The summed E-state index contributed by atoms with van der Waals surface area (Å²) in [6.07, 6.45) is 4.08. The summed E-state index contributed by atoms with van der Waals surface area (Å²) in [5.41, 5.74) is 0.709. The Morgan fingerprint density at radius 1 is 1.13 bits per heavy atom. The van der Waals surface area contributed by atoms with Crippen LogP contribution in [0.3, 0.4) is 0 Å². The number of likely N-dealkylation sites (tertiary alicyclic amines) is 1. The van der Waals surface area contributed by atoms with E-state index in [0.717, 1.165) is 19.3 Å². The molecule has 1 aliphatic carbocycles. The lowest BCUT2D eigenvalue weighted by Crippen LogP contribution is -2.54. The highest BCUT2D eigenvalue weighted by molar-refractivity contribution is 7.88. The molecule has 1 aromatic rings. The molecule has 2 aliphatic rings. The first-order valence-corrected chi connectivity index (χ1v) is 12.8. The van der Waals surface area contributed by atoms with Crippen molar-refractivity contribution >= 4 is 22.0 Å². The summed E-state index contributed by atoms with van der Waals surface area (Å²) in [6, 6.07) is 8.14. The maximum absolute atomic E-state index is 12.9. The Bertz CT molecular complexity index is 856. The number of benzene rings is 1. The molecule has 3 rings (SSSR count). The number of hydrogen-bond acceptors (Lipinski definition) is 4. The molecule has 8 nitrogen and oxygen atoms in total. The molecule has 0 spiro atoms. The highest BCUT2D eigenvalue weighted by atomic mass is 32.2. The van der Waals surface area contributed by atoms with Crippen molar-refractivity contribution in [3.8, 4) is 0 Å². The lowest BCUT2D eigenvalue weighted by Gasteiger charge is -2.28. The van der Waals surface area contributed by atoms with Crippen LogP contribution in [0.2, 0.25) is 0 Å². The van der Waals surface area contributed by atoms with Crippen LogP contribution in [0.5, 0.6) is 0 Å². The maximum Gasteiger partial charge on any atom is 0.318 e. The Morgan fingerprint density at radius 2 is 1.84 bits per heavy atom. The fraction of sp³-hybridized carbons (Fsp3) is 0.636. The number of urea groups is 1. The van der Waals surface area contributed by atoms with E-state index in [9.17, 15) is 18.0 Å². The van der Waals surface area contributed by atoms with E-state index in [0.29, 0.717) is 24.9 Å². The first kappa shape index (κ1) is 23.5. The van der Waals surface area contributed by atoms with Gasteiger partial charge in [-0.2, -0.15) is 0 Å². The van der Waals surface area contributed by atoms with Gasteiger partial charge in [-0.1, -0.05) is 44.2 Å². The maximum atomic E-state index is 12.9. The number of sulfonamides is 1. The Morgan fingerprint density at radius 3 is 2.48 bits per heavy atom. The molecule has 0 aromatic heterocycles. The van der Waals surface area contributed by atoms with Gasteiger partial charge < -0.3 is 15.5 Å². The molecular weight excluding hydrogens is 416 g/mol. The summed E-state index contributed by atoms with van der Waals surface area (Å²) >= 11 is 0. The van der Waals surface area contributed by atoms with Crippen LogP contribution in [0.4, 0.5) is 4.79 Å². The van der Waals surface area contributed by atoms with Gasteiger partial charge in [-0.15, -0.1) is 0 Å². The zero-order chi connectivity index (χ0) is 22.4. The first-order chi connectivity index (χ1) is 14.7. The minimum Gasteiger partial charge on any atom is -0.352 e. The molecule has 1 saturated carbocycles. The van der Waals surface area contributed by atoms with Gasteiger partial charge in [0.05, 0.1) is 5.75 Å². The zero-order valence-corrected chi connectivity index (χ0v) is 19.2. The van der Waals surface area contributed by atoms with Gasteiger partial charge in [0.2, 0.25) is 15.9 Å². The lowest BCUT2D eigenvalue weighted by atomic mass is 10.0. The van der Waals surface area contributed by atoms with Gasteiger partial charge >= 0.3 is 6.03 Å². The van der Waals surface area contributed by atoms with Crippen molar-refractivity contribution in [2.45, 2.75) is 69.8 Å². The number of nitrogens with one attached hydrogen (secondary N) is 3. The van der Waals surface area contributed by atoms with Crippen LogP contribution in [0.15, 0.2) is 30.3 Å². The molecular formula is C22H34N4O4S. The van der Waals surface area contributed by atoms with Gasteiger partial charge in [-0.25, -0.2) is 17.9 Å². The van der Waals surface area contributed by atoms with Crippen molar-refractivity contribution in [2.24, 2.45) is 5.92 Å². The number of nitrogens with zero attached hydrogens (tertiary/aromatic N) is 1. The second-order valence-corrected chi connectivity index (χ2v) is 10.8. The number of carbonyl (C=O) groups is 2. The summed E-state index contributed by atoms with van der Waals surface area (Å²) < 4.78 is 27.6. The van der Waals surface area contributed by atoms with Crippen molar-refractivity contribution in [1.82, 2.24) is 20.3 Å². The number of rotatable bonds is 10. The number of carbonyl (C=O) groups excluding carboxylic acids is 2. The van der Waals surface area contributed by atoms with Crippen LogP contribution < -0.4 is 15.4 Å². The summed E-state index contributed by atoms with van der Waals surface area (Å²) in [7, 11) is -3.53. The van der Waals surface area contributed by atoms with E-state index in [2.05, 4.69) is 15.4 Å². The Kier molecular flexibility index (Phi) is 7.94. The smallest absolute Gasteiger partial charge is 0.318 e. The van der Waals surface area contributed by atoms with Crippen molar-refractivity contribution < 1.29 is 18.0 Å². The first-order valence-electron chi connectivity index (χ1n) is 11.1. The largest absolute Gasteiger partial charge is 0.352 e. The van der Waals surface area contributed by atoms with Gasteiger partial charge in [0.15, 0.2) is 0 Å². The van der Waals surface area contributed by atoms with Crippen molar-refractivity contribution in [3.63, 3.8) is 0 Å². The van der Waals surface area contributed by atoms with Gasteiger partial charge in [0.25, 0.3) is 0 Å². The third kappa shape index (κ3) is 7.50. The molecule has 3 amide bonds. The van der Waals surface area contributed by atoms with Gasteiger partial charge in [0, 0.05) is 25.2 Å². The quantitative estimate of drug-likeness (QED) is 0.506. The molecule has 1 aliphatic heterocycles. The monoisotopic (exact) mass is 450 g/mol. The average molecular weight is 451 g/mol. The fourth-order valence-corrected chi connectivity index (χ4v) is 5.09. The molecule has 2 unspecified atom stereocenters. The van der Waals surface area contributed by atoms with E-state index in [-0.39, 0.29) is 42.2 Å². The molecule has 3 N–H and O–H groups in total. The molecule has 0 bridgehead atoms. The van der Waals surface area contributed by atoms with Crippen LogP contribution >= 0.6 is 0 Å². The van der Waals surface area contributed by atoms with Gasteiger partial charge in [0.1, 0.15) is 6.04 Å². The number of amides is 3. The van der Waals surface area contributed by atoms with Crippen LogP contribution in [-0.4, -0.2) is 56.5 Å².